The van der Waals surface area contributed by atoms with E-state index >= 15 is 0 Å². The lowest BCUT2D eigenvalue weighted by Gasteiger charge is -2.21. The summed E-state index contributed by atoms with van der Waals surface area (Å²) in [6.07, 6.45) is 6.46. The van der Waals surface area contributed by atoms with Gasteiger partial charge in [-0.25, -0.2) is 4.79 Å². The minimum Gasteiger partial charge on any atom is -0.483 e. The minimum absolute atomic E-state index is 0.0544. The second-order valence-electron chi connectivity index (χ2n) is 8.26. The molecule has 4 rings (SSSR count). The molecule has 7 nitrogen and oxygen atoms in total. The summed E-state index contributed by atoms with van der Waals surface area (Å²) in [6.45, 7) is 6.33. The molecule has 2 heterocycles. The lowest BCUT2D eigenvalue weighted by molar-refractivity contribution is -0.140. The molecule has 0 bridgehead atoms. The normalized spacial score (nSPS) is 21.5. The van der Waals surface area contributed by atoms with E-state index in [9.17, 15) is 14.4 Å². The molecule has 1 aromatic carbocycles. The number of nitrogens with zero attached hydrogens (tertiary/aromatic N) is 1. The fraction of sp³-hybridized carbons (Fsp3) is 0.375. The zero-order valence-corrected chi connectivity index (χ0v) is 19.8. The zero-order chi connectivity index (χ0) is 23.0. The topological polar surface area (TPSA) is 84.9 Å². The zero-order valence-electron chi connectivity index (χ0n) is 18.2. The van der Waals surface area contributed by atoms with Gasteiger partial charge in [0.25, 0.3) is 5.91 Å². The summed E-state index contributed by atoms with van der Waals surface area (Å²) in [5.74, 6) is -0.364. The van der Waals surface area contributed by atoms with Crippen molar-refractivity contribution in [2.45, 2.75) is 33.2 Å². The van der Waals surface area contributed by atoms with Gasteiger partial charge < -0.3 is 14.8 Å². The molecule has 0 aromatic heterocycles. The van der Waals surface area contributed by atoms with Crippen LogP contribution >= 0.6 is 15.9 Å². The maximum atomic E-state index is 13.1. The second kappa shape index (κ2) is 8.94. The van der Waals surface area contributed by atoms with Crippen LogP contribution in [0.2, 0.25) is 0 Å². The van der Waals surface area contributed by atoms with Crippen LogP contribution in [0.3, 0.4) is 0 Å². The SMILES string of the molecule is CCCNC(=O)COc1ccc(C2=CC=CC3C(=O)N4C(=C23)OC(=O)C4C(C)C)cc1Br. The van der Waals surface area contributed by atoms with Crippen molar-refractivity contribution < 1.29 is 23.9 Å². The van der Waals surface area contributed by atoms with Crippen LogP contribution in [-0.2, 0) is 19.1 Å². The fourth-order valence-electron chi connectivity index (χ4n) is 4.14. The number of carbonyl (C=O) groups is 3. The van der Waals surface area contributed by atoms with Crippen molar-refractivity contribution in [1.82, 2.24) is 10.2 Å². The minimum atomic E-state index is -0.605. The number of nitrogens with one attached hydrogen (secondary N) is 1. The molecule has 2 aliphatic heterocycles. The third-order valence-electron chi connectivity index (χ3n) is 5.64. The van der Waals surface area contributed by atoms with Gasteiger partial charge in [-0.15, -0.1) is 0 Å². The summed E-state index contributed by atoms with van der Waals surface area (Å²) in [5.41, 5.74) is 2.36. The number of fused-ring (bicyclic) bond motifs is 2. The molecule has 2 amide bonds. The van der Waals surface area contributed by atoms with Crippen LogP contribution in [0.1, 0.15) is 32.8 Å². The molecule has 1 saturated heterocycles. The molecule has 0 spiro atoms. The number of benzene rings is 1. The van der Waals surface area contributed by atoms with Crippen LogP contribution in [-0.4, -0.2) is 41.9 Å². The highest BCUT2D eigenvalue weighted by Gasteiger charge is 2.53. The molecule has 8 heteroatoms. The Labute approximate surface area is 195 Å². The molecule has 0 saturated carbocycles. The Kier molecular flexibility index (Phi) is 6.24. The van der Waals surface area contributed by atoms with Gasteiger partial charge in [-0.3, -0.25) is 14.5 Å². The Morgan fingerprint density at radius 1 is 1.31 bits per heavy atom. The van der Waals surface area contributed by atoms with E-state index in [1.165, 1.54) is 4.90 Å². The van der Waals surface area contributed by atoms with Gasteiger partial charge in [-0.05, 0) is 51.5 Å². The lowest BCUT2D eigenvalue weighted by Crippen LogP contribution is -2.40. The van der Waals surface area contributed by atoms with Crippen molar-refractivity contribution in [3.63, 3.8) is 0 Å². The average Bonchev–Trinajstić information content (AvgIpc) is 3.24. The van der Waals surface area contributed by atoms with E-state index in [0.29, 0.717) is 28.2 Å². The molecule has 3 aliphatic rings. The molecule has 1 aliphatic carbocycles. The van der Waals surface area contributed by atoms with Gasteiger partial charge in [0, 0.05) is 12.1 Å². The lowest BCUT2D eigenvalue weighted by atomic mass is 9.86. The number of halogens is 1. The molecule has 0 radical (unpaired) electrons. The number of allylic oxidation sites excluding steroid dienone is 3. The Bertz CT molecular complexity index is 1070. The number of carbonyl (C=O) groups excluding carboxylic acids is 3. The molecule has 2 atom stereocenters. The Morgan fingerprint density at radius 2 is 2.09 bits per heavy atom. The van der Waals surface area contributed by atoms with E-state index < -0.39 is 17.9 Å². The summed E-state index contributed by atoms with van der Waals surface area (Å²) in [7, 11) is 0. The molecular weight excluding hydrogens is 476 g/mol. The third kappa shape index (κ3) is 3.88. The number of esters is 1. The van der Waals surface area contributed by atoms with Gasteiger partial charge in [0.1, 0.15) is 11.8 Å². The number of ether oxygens (including phenoxy) is 2. The molecule has 2 unspecified atom stereocenters. The largest absolute Gasteiger partial charge is 0.483 e. The highest BCUT2D eigenvalue weighted by Crippen LogP contribution is 2.47. The smallest absolute Gasteiger partial charge is 0.336 e. The Balaban J connectivity index is 1.61. The molecule has 1 aromatic rings. The quantitative estimate of drug-likeness (QED) is 0.578. The number of hydrogen-bond acceptors (Lipinski definition) is 5. The number of rotatable bonds is 7. The average molecular weight is 501 g/mol. The molecule has 32 heavy (non-hydrogen) atoms. The van der Waals surface area contributed by atoms with Crippen LogP contribution in [0.4, 0.5) is 0 Å². The van der Waals surface area contributed by atoms with Gasteiger partial charge in [-0.1, -0.05) is 45.1 Å². The Hall–Kier alpha value is -2.87. The van der Waals surface area contributed by atoms with Crippen LogP contribution in [0.5, 0.6) is 5.75 Å². The molecule has 1 fully saturated rings. The van der Waals surface area contributed by atoms with Gasteiger partial charge in [0.2, 0.25) is 11.8 Å². The molecular formula is C24H25BrN2O5. The first-order valence-corrected chi connectivity index (χ1v) is 11.5. The van der Waals surface area contributed by atoms with E-state index in [-0.39, 0.29) is 24.3 Å². The van der Waals surface area contributed by atoms with Crippen molar-refractivity contribution in [3.8, 4) is 5.75 Å². The van der Waals surface area contributed by atoms with E-state index in [2.05, 4.69) is 21.2 Å². The highest BCUT2D eigenvalue weighted by molar-refractivity contribution is 9.10. The molecule has 1 N–H and O–H groups in total. The van der Waals surface area contributed by atoms with Crippen molar-refractivity contribution >= 4 is 39.3 Å². The summed E-state index contributed by atoms with van der Waals surface area (Å²) in [6, 6.07) is 4.91. The van der Waals surface area contributed by atoms with Crippen LogP contribution in [0, 0.1) is 11.8 Å². The Morgan fingerprint density at radius 3 is 2.78 bits per heavy atom. The maximum absolute atomic E-state index is 13.1. The first kappa shape index (κ1) is 22.3. The van der Waals surface area contributed by atoms with Gasteiger partial charge in [-0.2, -0.15) is 0 Å². The predicted octanol–water partition coefficient (Wildman–Crippen LogP) is 3.56. The first-order valence-electron chi connectivity index (χ1n) is 10.7. The van der Waals surface area contributed by atoms with Crippen molar-refractivity contribution in [1.29, 1.82) is 0 Å². The third-order valence-corrected chi connectivity index (χ3v) is 6.26. The van der Waals surface area contributed by atoms with Gasteiger partial charge in [0.15, 0.2) is 6.61 Å². The van der Waals surface area contributed by atoms with Gasteiger partial charge >= 0.3 is 5.97 Å². The first-order chi connectivity index (χ1) is 15.3. The molecule has 168 valence electrons. The highest BCUT2D eigenvalue weighted by atomic mass is 79.9. The van der Waals surface area contributed by atoms with Crippen LogP contribution in [0.15, 0.2) is 52.4 Å². The van der Waals surface area contributed by atoms with E-state index in [4.69, 9.17) is 9.47 Å². The summed E-state index contributed by atoms with van der Waals surface area (Å²) in [5, 5.41) is 2.77. The number of hydrogen-bond donors (Lipinski definition) is 1. The van der Waals surface area contributed by atoms with E-state index in [0.717, 1.165) is 17.6 Å². The van der Waals surface area contributed by atoms with E-state index in [1.54, 1.807) is 6.07 Å². The van der Waals surface area contributed by atoms with Crippen molar-refractivity contribution in [2.75, 3.05) is 13.2 Å². The van der Waals surface area contributed by atoms with Crippen molar-refractivity contribution in [2.24, 2.45) is 11.8 Å². The van der Waals surface area contributed by atoms with Crippen molar-refractivity contribution in [3.05, 3.63) is 57.9 Å². The summed E-state index contributed by atoms with van der Waals surface area (Å²) in [4.78, 5) is 38.9. The fourth-order valence-corrected chi connectivity index (χ4v) is 4.64. The number of amides is 2. The summed E-state index contributed by atoms with van der Waals surface area (Å²) < 4.78 is 11.9. The predicted molar refractivity (Wildman–Crippen MR) is 122 cm³/mol. The second-order valence-corrected chi connectivity index (χ2v) is 9.12. The summed E-state index contributed by atoms with van der Waals surface area (Å²) >= 11 is 3.51. The van der Waals surface area contributed by atoms with Gasteiger partial charge in [0.05, 0.1) is 10.4 Å². The monoisotopic (exact) mass is 500 g/mol. The van der Waals surface area contributed by atoms with Crippen LogP contribution < -0.4 is 10.1 Å². The maximum Gasteiger partial charge on any atom is 0.336 e. The van der Waals surface area contributed by atoms with E-state index in [1.807, 2.05) is 51.1 Å². The van der Waals surface area contributed by atoms with Crippen LogP contribution in [0.25, 0.3) is 5.57 Å². The standard InChI is InChI=1S/C24H25BrN2O5/c1-4-10-26-19(28)12-31-18-9-8-14(11-17(18)25)15-6-5-7-16-20(15)23-27(22(16)29)21(13(2)3)24(30)32-23/h5-9,11,13,16,21H,4,10,12H2,1-3H3,(H,26,28).